The van der Waals surface area contributed by atoms with Crippen LogP contribution in [-0.2, 0) is 0 Å². The quantitative estimate of drug-likeness (QED) is 0.266. The van der Waals surface area contributed by atoms with E-state index in [2.05, 4.69) is 58.3 Å². The van der Waals surface area contributed by atoms with Crippen molar-refractivity contribution in [1.82, 2.24) is 9.97 Å². The van der Waals surface area contributed by atoms with E-state index in [9.17, 15) is 0 Å². The predicted molar refractivity (Wildman–Crippen MR) is 147 cm³/mol. The number of fused-ring (bicyclic) bond motifs is 2. The standard InChI is InChI=1S/C30H26N4O2/c1-33(2)23-11-5-19(6-12-23)29-31-25-17-21(9-15-27(25)35-29)22-10-16-28-26(18-22)32-30(36-28)20-7-13-24(14-8-20)34(3)4/h5-18H,1-4H3. The molecule has 0 spiro atoms. The smallest absolute Gasteiger partial charge is 0.227 e. The molecule has 6 heteroatoms. The van der Waals surface area contributed by atoms with Gasteiger partial charge in [0.05, 0.1) is 0 Å². The van der Waals surface area contributed by atoms with Crippen LogP contribution in [0.3, 0.4) is 0 Å². The zero-order valence-electron chi connectivity index (χ0n) is 20.7. The van der Waals surface area contributed by atoms with Crippen molar-refractivity contribution >= 4 is 33.6 Å². The van der Waals surface area contributed by atoms with Crippen LogP contribution in [0.5, 0.6) is 0 Å². The molecule has 0 aliphatic heterocycles. The number of nitrogens with zero attached hydrogens (tertiary/aromatic N) is 4. The number of benzene rings is 4. The highest BCUT2D eigenvalue weighted by atomic mass is 16.4. The lowest BCUT2D eigenvalue weighted by atomic mass is 10.0. The van der Waals surface area contributed by atoms with Gasteiger partial charge in [-0.15, -0.1) is 0 Å². The Balaban J connectivity index is 1.31. The van der Waals surface area contributed by atoms with Crippen molar-refractivity contribution in [2.24, 2.45) is 0 Å². The third-order valence-electron chi connectivity index (χ3n) is 6.37. The Bertz CT molecular complexity index is 1550. The largest absolute Gasteiger partial charge is 0.436 e. The van der Waals surface area contributed by atoms with Gasteiger partial charge in [0.1, 0.15) is 11.0 Å². The fourth-order valence-corrected chi connectivity index (χ4v) is 4.27. The molecule has 0 atom stereocenters. The maximum atomic E-state index is 6.04. The molecule has 6 rings (SSSR count). The lowest BCUT2D eigenvalue weighted by Crippen LogP contribution is -2.07. The SMILES string of the molecule is CN(C)c1ccc(-c2nc3cc(-c4ccc5oc(-c6ccc(N(C)C)cc6)nc5c4)ccc3o2)cc1. The lowest BCUT2D eigenvalue weighted by molar-refractivity contribution is 0.619. The summed E-state index contributed by atoms with van der Waals surface area (Å²) in [6.07, 6.45) is 0. The molecule has 0 fully saturated rings. The lowest BCUT2D eigenvalue weighted by Gasteiger charge is -2.11. The second-order valence-corrected chi connectivity index (χ2v) is 9.29. The van der Waals surface area contributed by atoms with E-state index >= 15 is 0 Å². The third-order valence-corrected chi connectivity index (χ3v) is 6.37. The van der Waals surface area contributed by atoms with Gasteiger partial charge in [0, 0.05) is 50.7 Å². The first-order chi connectivity index (χ1) is 17.4. The van der Waals surface area contributed by atoms with E-state index in [4.69, 9.17) is 18.8 Å². The molecule has 178 valence electrons. The van der Waals surface area contributed by atoms with Gasteiger partial charge in [-0.3, -0.25) is 0 Å². The van der Waals surface area contributed by atoms with E-state index in [0.717, 1.165) is 55.8 Å². The Morgan fingerprint density at radius 2 is 0.833 bits per heavy atom. The average molecular weight is 475 g/mol. The Labute approximate surface area is 209 Å². The van der Waals surface area contributed by atoms with Crippen LogP contribution in [0.2, 0.25) is 0 Å². The van der Waals surface area contributed by atoms with Crippen molar-refractivity contribution in [2.45, 2.75) is 0 Å². The Morgan fingerprint density at radius 1 is 0.472 bits per heavy atom. The first-order valence-electron chi connectivity index (χ1n) is 11.8. The summed E-state index contributed by atoms with van der Waals surface area (Å²) in [7, 11) is 8.09. The Morgan fingerprint density at radius 3 is 1.19 bits per heavy atom. The number of oxazole rings is 2. The van der Waals surface area contributed by atoms with Crippen LogP contribution in [0.1, 0.15) is 0 Å². The minimum absolute atomic E-state index is 0.615. The van der Waals surface area contributed by atoms with Crippen LogP contribution in [0.15, 0.2) is 93.8 Å². The van der Waals surface area contributed by atoms with Gasteiger partial charge in [0.25, 0.3) is 0 Å². The van der Waals surface area contributed by atoms with Crippen molar-refractivity contribution in [1.29, 1.82) is 0 Å². The summed E-state index contributed by atoms with van der Waals surface area (Å²) in [5.74, 6) is 1.23. The number of anilines is 2. The van der Waals surface area contributed by atoms with E-state index in [-0.39, 0.29) is 0 Å². The molecule has 0 aliphatic rings. The van der Waals surface area contributed by atoms with Crippen molar-refractivity contribution in [2.75, 3.05) is 38.0 Å². The number of hydrogen-bond donors (Lipinski definition) is 0. The Hall–Kier alpha value is -4.58. The van der Waals surface area contributed by atoms with Crippen LogP contribution in [0.25, 0.3) is 56.2 Å². The second-order valence-electron chi connectivity index (χ2n) is 9.29. The molecule has 6 aromatic rings. The molecule has 2 aromatic heterocycles. The number of rotatable bonds is 5. The van der Waals surface area contributed by atoms with Crippen LogP contribution < -0.4 is 9.80 Å². The zero-order valence-corrected chi connectivity index (χ0v) is 20.7. The minimum atomic E-state index is 0.615. The Kier molecular flexibility index (Phi) is 5.22. The average Bonchev–Trinajstić information content (AvgIpc) is 3.52. The molecule has 4 aromatic carbocycles. The molecular weight excluding hydrogens is 448 g/mol. The van der Waals surface area contributed by atoms with Crippen LogP contribution in [-0.4, -0.2) is 38.2 Å². The summed E-state index contributed by atoms with van der Waals surface area (Å²) >= 11 is 0. The zero-order chi connectivity index (χ0) is 24.8. The summed E-state index contributed by atoms with van der Waals surface area (Å²) in [5, 5.41) is 0. The van der Waals surface area contributed by atoms with Crippen LogP contribution in [0, 0.1) is 0 Å². The molecule has 0 saturated heterocycles. The summed E-state index contributed by atoms with van der Waals surface area (Å²) in [5.41, 5.74) is 9.43. The normalized spacial score (nSPS) is 11.3. The maximum absolute atomic E-state index is 6.04. The van der Waals surface area contributed by atoms with E-state index in [0.29, 0.717) is 11.8 Å². The van der Waals surface area contributed by atoms with Crippen LogP contribution in [0.4, 0.5) is 11.4 Å². The van der Waals surface area contributed by atoms with Crippen molar-refractivity contribution < 1.29 is 8.83 Å². The molecule has 0 amide bonds. The highest BCUT2D eigenvalue weighted by molar-refractivity contribution is 5.86. The molecule has 0 aliphatic carbocycles. The summed E-state index contributed by atoms with van der Waals surface area (Å²) in [6.45, 7) is 0. The molecular formula is C30H26N4O2. The molecule has 2 heterocycles. The van der Waals surface area contributed by atoms with Gasteiger partial charge in [-0.1, -0.05) is 12.1 Å². The second kappa shape index (κ2) is 8.57. The molecule has 0 N–H and O–H groups in total. The number of aromatic nitrogens is 2. The summed E-state index contributed by atoms with van der Waals surface area (Å²) in [6, 6.07) is 28.5. The summed E-state index contributed by atoms with van der Waals surface area (Å²) < 4.78 is 12.1. The van der Waals surface area contributed by atoms with Gasteiger partial charge in [0.2, 0.25) is 11.8 Å². The molecule has 0 unspecified atom stereocenters. The van der Waals surface area contributed by atoms with Crippen molar-refractivity contribution in [3.05, 3.63) is 84.9 Å². The monoisotopic (exact) mass is 474 g/mol. The van der Waals surface area contributed by atoms with E-state index in [1.54, 1.807) is 0 Å². The van der Waals surface area contributed by atoms with Crippen molar-refractivity contribution in [3.8, 4) is 34.0 Å². The molecule has 0 saturated carbocycles. The third kappa shape index (κ3) is 3.96. The van der Waals surface area contributed by atoms with E-state index < -0.39 is 0 Å². The van der Waals surface area contributed by atoms with E-state index in [1.807, 2.05) is 64.6 Å². The van der Waals surface area contributed by atoms with Crippen molar-refractivity contribution in [3.63, 3.8) is 0 Å². The highest BCUT2D eigenvalue weighted by Gasteiger charge is 2.13. The van der Waals surface area contributed by atoms with Gasteiger partial charge in [-0.05, 0) is 83.9 Å². The molecule has 0 bridgehead atoms. The van der Waals surface area contributed by atoms with Crippen LogP contribution >= 0.6 is 0 Å². The van der Waals surface area contributed by atoms with Gasteiger partial charge in [-0.25, -0.2) is 9.97 Å². The number of hydrogen-bond acceptors (Lipinski definition) is 6. The predicted octanol–water partition coefficient (Wildman–Crippen LogP) is 7.10. The van der Waals surface area contributed by atoms with E-state index in [1.165, 1.54) is 0 Å². The molecule has 0 radical (unpaired) electrons. The van der Waals surface area contributed by atoms with Gasteiger partial charge in [-0.2, -0.15) is 0 Å². The van der Waals surface area contributed by atoms with Gasteiger partial charge < -0.3 is 18.6 Å². The first kappa shape index (κ1) is 21.9. The topological polar surface area (TPSA) is 58.5 Å². The highest BCUT2D eigenvalue weighted by Crippen LogP contribution is 2.32. The maximum Gasteiger partial charge on any atom is 0.227 e. The van der Waals surface area contributed by atoms with Gasteiger partial charge in [0.15, 0.2) is 11.2 Å². The first-order valence-corrected chi connectivity index (χ1v) is 11.8. The molecule has 36 heavy (non-hydrogen) atoms. The fraction of sp³-hybridized carbons (Fsp3) is 0.133. The van der Waals surface area contributed by atoms with Gasteiger partial charge >= 0.3 is 0 Å². The fourth-order valence-electron chi connectivity index (χ4n) is 4.27. The molecule has 6 nitrogen and oxygen atoms in total. The minimum Gasteiger partial charge on any atom is -0.436 e. The summed E-state index contributed by atoms with van der Waals surface area (Å²) in [4.78, 5) is 13.6.